The van der Waals surface area contributed by atoms with Gasteiger partial charge in [0.25, 0.3) is 0 Å². The van der Waals surface area contributed by atoms with Crippen LogP contribution in [0.5, 0.6) is 0 Å². The van der Waals surface area contributed by atoms with Crippen LogP contribution in [-0.2, 0) is 6.42 Å². The smallest absolute Gasteiger partial charge is 0.0791 e. The summed E-state index contributed by atoms with van der Waals surface area (Å²) in [6, 6.07) is 54.9. The Kier molecular flexibility index (Phi) is 7.06. The lowest BCUT2D eigenvalue weighted by Crippen LogP contribution is -2.13. The number of benzene rings is 8. The molecule has 260 valence electrons. The van der Waals surface area contributed by atoms with Crippen LogP contribution in [0.1, 0.15) is 34.9 Å². The van der Waals surface area contributed by atoms with Gasteiger partial charge in [-0.3, -0.25) is 0 Å². The van der Waals surface area contributed by atoms with E-state index in [4.69, 9.17) is 9.97 Å². The van der Waals surface area contributed by atoms with E-state index in [0.29, 0.717) is 5.92 Å². The second kappa shape index (κ2) is 12.2. The van der Waals surface area contributed by atoms with E-state index >= 15 is 0 Å². The molecule has 1 aliphatic carbocycles. The first-order chi connectivity index (χ1) is 27.0. The normalized spacial score (nSPS) is 14.3. The van der Waals surface area contributed by atoms with Crippen molar-refractivity contribution in [2.75, 3.05) is 0 Å². The van der Waals surface area contributed by atoms with Gasteiger partial charge in [-0.25, -0.2) is 9.97 Å². The maximum absolute atomic E-state index is 5.65. The van der Waals surface area contributed by atoms with Gasteiger partial charge in [0.2, 0.25) is 0 Å². The highest BCUT2D eigenvalue weighted by Gasteiger charge is 2.28. The fourth-order valence-electron chi connectivity index (χ4n) is 9.73. The van der Waals surface area contributed by atoms with Crippen LogP contribution in [0.25, 0.3) is 98.9 Å². The second-order valence-corrected chi connectivity index (χ2v) is 15.3. The third-order valence-corrected chi connectivity index (χ3v) is 12.2. The van der Waals surface area contributed by atoms with Crippen LogP contribution < -0.4 is 0 Å². The summed E-state index contributed by atoms with van der Waals surface area (Å²) >= 11 is 0. The minimum absolute atomic E-state index is 0.294. The SMILES string of the molecule is Cc1c2c3c(nc(-c4ccccc4)c2c(C)c2c1c(-c1ccccc1)nc1ccccc12)C=C(c1ccc2c4ccccc4c4ccccc4c2c1)C(C)C3. The van der Waals surface area contributed by atoms with Crippen LogP contribution in [0.4, 0.5) is 0 Å². The van der Waals surface area contributed by atoms with Gasteiger partial charge in [-0.1, -0.05) is 146 Å². The zero-order valence-corrected chi connectivity index (χ0v) is 31.2. The van der Waals surface area contributed by atoms with Gasteiger partial charge in [0.15, 0.2) is 0 Å². The Balaban J connectivity index is 1.23. The van der Waals surface area contributed by atoms with Crippen molar-refractivity contribution in [3.63, 3.8) is 0 Å². The molecule has 2 heteroatoms. The van der Waals surface area contributed by atoms with Gasteiger partial charge in [0.1, 0.15) is 0 Å². The zero-order chi connectivity index (χ0) is 36.8. The molecule has 2 aromatic heterocycles. The molecule has 0 fully saturated rings. The van der Waals surface area contributed by atoms with Crippen LogP contribution >= 0.6 is 0 Å². The second-order valence-electron chi connectivity index (χ2n) is 15.3. The third-order valence-electron chi connectivity index (χ3n) is 12.2. The molecule has 11 rings (SSSR count). The Morgan fingerprint density at radius 2 is 0.927 bits per heavy atom. The maximum Gasteiger partial charge on any atom is 0.0791 e. The quantitative estimate of drug-likeness (QED) is 0.135. The largest absolute Gasteiger partial charge is 0.247 e. The minimum Gasteiger partial charge on any atom is -0.247 e. The van der Waals surface area contributed by atoms with Crippen molar-refractivity contribution in [3.8, 4) is 22.5 Å². The van der Waals surface area contributed by atoms with Gasteiger partial charge < -0.3 is 0 Å². The Morgan fingerprint density at radius 1 is 0.436 bits per heavy atom. The number of rotatable bonds is 3. The molecular formula is C53H38N2. The van der Waals surface area contributed by atoms with Gasteiger partial charge in [-0.2, -0.15) is 0 Å². The van der Waals surface area contributed by atoms with Crippen molar-refractivity contribution in [2.24, 2.45) is 5.92 Å². The molecule has 0 amide bonds. The van der Waals surface area contributed by atoms with E-state index in [1.54, 1.807) is 0 Å². The molecule has 0 saturated heterocycles. The van der Waals surface area contributed by atoms with E-state index in [0.717, 1.165) is 40.1 Å². The molecule has 8 aromatic carbocycles. The van der Waals surface area contributed by atoms with Crippen molar-refractivity contribution < 1.29 is 0 Å². The molecule has 0 bridgehead atoms. The fraction of sp³-hybridized carbons (Fsp3) is 0.0943. The molecule has 0 aliphatic heterocycles. The van der Waals surface area contributed by atoms with Crippen molar-refractivity contribution in [3.05, 3.63) is 180 Å². The molecular weight excluding hydrogens is 665 g/mol. The number of aryl methyl sites for hydroxylation is 2. The van der Waals surface area contributed by atoms with Crippen LogP contribution in [-0.4, -0.2) is 9.97 Å². The highest BCUT2D eigenvalue weighted by Crippen LogP contribution is 2.48. The highest BCUT2D eigenvalue weighted by atomic mass is 14.7. The van der Waals surface area contributed by atoms with E-state index in [1.807, 2.05) is 0 Å². The predicted octanol–water partition coefficient (Wildman–Crippen LogP) is 14.1. The van der Waals surface area contributed by atoms with Gasteiger partial charge in [-0.05, 0) is 115 Å². The van der Waals surface area contributed by atoms with Crippen molar-refractivity contribution in [1.82, 2.24) is 9.97 Å². The fourth-order valence-corrected chi connectivity index (χ4v) is 9.73. The van der Waals surface area contributed by atoms with Gasteiger partial charge >= 0.3 is 0 Å². The van der Waals surface area contributed by atoms with Crippen molar-refractivity contribution in [2.45, 2.75) is 27.2 Å². The summed E-state index contributed by atoms with van der Waals surface area (Å²) in [5.41, 5.74) is 12.9. The van der Waals surface area contributed by atoms with E-state index in [2.05, 4.69) is 179 Å². The van der Waals surface area contributed by atoms with Crippen LogP contribution in [0.2, 0.25) is 0 Å². The van der Waals surface area contributed by atoms with Gasteiger partial charge in [0, 0.05) is 27.3 Å². The summed E-state index contributed by atoms with van der Waals surface area (Å²) in [4.78, 5) is 11.0. The molecule has 0 radical (unpaired) electrons. The lowest BCUT2D eigenvalue weighted by Gasteiger charge is -2.28. The first kappa shape index (κ1) is 31.8. The lowest BCUT2D eigenvalue weighted by atomic mass is 9.78. The summed E-state index contributed by atoms with van der Waals surface area (Å²) in [5.74, 6) is 0.294. The number of nitrogens with zero attached hydrogens (tertiary/aromatic N) is 2. The third kappa shape index (κ3) is 4.74. The standard InChI is InChI=1S/C53H38N2/c1-31-28-45-47(30-43(31)36-26-27-41-39-22-11-10-20-37(39)38-21-12-13-23-40(38)44(41)29-36)55-53(35-18-8-5-9-19-35)51-32(2)48-42-24-14-15-25-46(42)54-52(34-16-6-4-7-17-34)50(48)33(3)49(45)51/h4-27,29-31H,28H2,1-3H3. The average Bonchev–Trinajstić information content (AvgIpc) is 3.24. The topological polar surface area (TPSA) is 25.8 Å². The van der Waals surface area contributed by atoms with Crippen LogP contribution in [0.3, 0.4) is 0 Å². The Morgan fingerprint density at radius 3 is 1.56 bits per heavy atom. The number of hydrogen-bond donors (Lipinski definition) is 0. The molecule has 1 unspecified atom stereocenters. The highest BCUT2D eigenvalue weighted by molar-refractivity contribution is 6.26. The summed E-state index contributed by atoms with van der Waals surface area (Å²) in [7, 11) is 0. The molecule has 1 atom stereocenters. The first-order valence-corrected chi connectivity index (χ1v) is 19.4. The summed E-state index contributed by atoms with van der Waals surface area (Å²) < 4.78 is 0. The van der Waals surface area contributed by atoms with Crippen molar-refractivity contribution in [1.29, 1.82) is 0 Å². The van der Waals surface area contributed by atoms with E-state index in [-0.39, 0.29) is 0 Å². The summed E-state index contributed by atoms with van der Waals surface area (Å²) in [5, 5.41) is 14.1. The molecule has 0 N–H and O–H groups in total. The predicted molar refractivity (Wildman–Crippen MR) is 235 cm³/mol. The molecule has 2 heterocycles. The average molecular weight is 703 g/mol. The minimum atomic E-state index is 0.294. The van der Waals surface area contributed by atoms with E-state index in [1.165, 1.54) is 87.1 Å². The lowest BCUT2D eigenvalue weighted by molar-refractivity contribution is 0.738. The number of hydrogen-bond acceptors (Lipinski definition) is 2. The number of pyridine rings is 2. The molecule has 1 aliphatic rings. The van der Waals surface area contributed by atoms with Gasteiger partial charge in [0.05, 0.1) is 22.6 Å². The van der Waals surface area contributed by atoms with E-state index < -0.39 is 0 Å². The number of fused-ring (bicyclic) bond motifs is 12. The van der Waals surface area contributed by atoms with Crippen LogP contribution in [0, 0.1) is 19.8 Å². The molecule has 2 nitrogen and oxygen atoms in total. The Hall–Kier alpha value is -6.64. The number of para-hydroxylation sites is 1. The number of allylic oxidation sites excluding steroid dienone is 1. The van der Waals surface area contributed by atoms with Crippen LogP contribution in [0.15, 0.2) is 152 Å². The van der Waals surface area contributed by atoms with E-state index in [9.17, 15) is 0 Å². The first-order valence-electron chi connectivity index (χ1n) is 19.4. The summed E-state index contributed by atoms with van der Waals surface area (Å²) in [6.07, 6.45) is 3.30. The molecule has 55 heavy (non-hydrogen) atoms. The zero-order valence-electron chi connectivity index (χ0n) is 31.2. The molecule has 10 aromatic rings. The number of aromatic nitrogens is 2. The summed E-state index contributed by atoms with van der Waals surface area (Å²) in [6.45, 7) is 7.02. The monoisotopic (exact) mass is 702 g/mol. The van der Waals surface area contributed by atoms with Gasteiger partial charge in [-0.15, -0.1) is 0 Å². The molecule has 0 saturated carbocycles. The molecule has 0 spiro atoms. The Bertz CT molecular complexity index is 3210. The maximum atomic E-state index is 5.65. The Labute approximate surface area is 320 Å². The van der Waals surface area contributed by atoms with Crippen molar-refractivity contribution >= 4 is 76.4 Å².